The van der Waals surface area contributed by atoms with Crippen molar-refractivity contribution in [2.24, 2.45) is 0 Å². The Hall–Kier alpha value is -3.20. The third-order valence-corrected chi connectivity index (χ3v) is 5.09. The average Bonchev–Trinajstić information content (AvgIpc) is 2.73. The summed E-state index contributed by atoms with van der Waals surface area (Å²) in [6, 6.07) is 25.4. The lowest BCUT2D eigenvalue weighted by Gasteiger charge is -2.31. The fraction of sp³-hybridized carbons (Fsp3) is 0.130. The zero-order valence-electron chi connectivity index (χ0n) is 14.5. The zero-order chi connectivity index (χ0) is 17.3. The normalized spacial score (nSPS) is 13.6. The maximum absolute atomic E-state index is 4.74. The van der Waals surface area contributed by atoms with Crippen LogP contribution in [0.3, 0.4) is 0 Å². The highest BCUT2D eigenvalue weighted by molar-refractivity contribution is 5.79. The van der Waals surface area contributed by atoms with Crippen molar-refractivity contribution >= 4 is 16.6 Å². The summed E-state index contributed by atoms with van der Waals surface area (Å²) in [7, 11) is 0. The summed E-state index contributed by atoms with van der Waals surface area (Å²) in [4.78, 5) is 11.7. The molecule has 0 unspecified atom stereocenters. The first-order chi connectivity index (χ1) is 12.9. The highest BCUT2D eigenvalue weighted by atomic mass is 15.1. The van der Waals surface area contributed by atoms with Gasteiger partial charge >= 0.3 is 0 Å². The van der Waals surface area contributed by atoms with Gasteiger partial charge in [-0.05, 0) is 35.7 Å². The number of rotatable bonds is 2. The molecule has 1 aliphatic rings. The van der Waals surface area contributed by atoms with Gasteiger partial charge in [0.25, 0.3) is 0 Å². The minimum absolute atomic E-state index is 0.781. The lowest BCUT2D eigenvalue weighted by molar-refractivity contribution is 0.732. The monoisotopic (exact) mass is 337 g/mol. The van der Waals surface area contributed by atoms with E-state index in [4.69, 9.17) is 4.98 Å². The molecule has 3 aromatic carbocycles. The summed E-state index contributed by atoms with van der Waals surface area (Å²) in [5, 5.41) is 1.07. The number of hydrogen-bond donors (Lipinski definition) is 0. The van der Waals surface area contributed by atoms with E-state index in [1.807, 2.05) is 30.5 Å². The van der Waals surface area contributed by atoms with E-state index < -0.39 is 0 Å². The van der Waals surface area contributed by atoms with Crippen molar-refractivity contribution in [3.63, 3.8) is 0 Å². The number of nitrogens with zero attached hydrogens (tertiary/aromatic N) is 3. The quantitative estimate of drug-likeness (QED) is 0.523. The molecule has 4 aromatic rings. The largest absolute Gasteiger partial charge is 0.367 e. The first-order valence-electron chi connectivity index (χ1n) is 9.01. The number of benzene rings is 3. The molecule has 1 aromatic heterocycles. The topological polar surface area (TPSA) is 29.0 Å². The Balaban J connectivity index is 1.49. The van der Waals surface area contributed by atoms with Gasteiger partial charge in [-0.2, -0.15) is 0 Å². The number of aromatic nitrogens is 2. The molecule has 0 amide bonds. The molecule has 0 saturated heterocycles. The Bertz CT molecular complexity index is 1090. The smallest absolute Gasteiger partial charge is 0.159 e. The Kier molecular flexibility index (Phi) is 3.64. The SMILES string of the molecule is c1cc(-c2ncc3ccccc3n2)cc(N2CCc3ccccc3C2)c1. The third-order valence-electron chi connectivity index (χ3n) is 5.09. The van der Waals surface area contributed by atoms with Crippen LogP contribution in [-0.2, 0) is 13.0 Å². The molecule has 126 valence electrons. The number of para-hydroxylation sites is 1. The Morgan fingerprint density at radius 1 is 0.808 bits per heavy atom. The fourth-order valence-corrected chi connectivity index (χ4v) is 3.67. The van der Waals surface area contributed by atoms with Crippen LogP contribution in [0.1, 0.15) is 11.1 Å². The van der Waals surface area contributed by atoms with Gasteiger partial charge in [0.2, 0.25) is 0 Å². The van der Waals surface area contributed by atoms with Crippen molar-refractivity contribution in [3.8, 4) is 11.4 Å². The summed E-state index contributed by atoms with van der Waals surface area (Å²) >= 11 is 0. The number of fused-ring (bicyclic) bond motifs is 2. The molecule has 5 rings (SSSR count). The second kappa shape index (κ2) is 6.26. The molecule has 0 atom stereocenters. The van der Waals surface area contributed by atoms with E-state index in [1.54, 1.807) is 0 Å². The summed E-state index contributed by atoms with van der Waals surface area (Å²) < 4.78 is 0. The van der Waals surface area contributed by atoms with Gasteiger partial charge in [-0.3, -0.25) is 0 Å². The first-order valence-corrected chi connectivity index (χ1v) is 9.01. The van der Waals surface area contributed by atoms with Crippen molar-refractivity contribution in [2.45, 2.75) is 13.0 Å². The van der Waals surface area contributed by atoms with E-state index in [0.717, 1.165) is 41.8 Å². The Morgan fingerprint density at radius 2 is 1.65 bits per heavy atom. The molecule has 0 aliphatic carbocycles. The first kappa shape index (κ1) is 15.1. The van der Waals surface area contributed by atoms with E-state index >= 15 is 0 Å². The highest BCUT2D eigenvalue weighted by Gasteiger charge is 2.16. The van der Waals surface area contributed by atoms with Crippen LogP contribution in [0.5, 0.6) is 0 Å². The lowest BCUT2D eigenvalue weighted by Crippen LogP contribution is -2.30. The van der Waals surface area contributed by atoms with Crippen molar-refractivity contribution < 1.29 is 0 Å². The van der Waals surface area contributed by atoms with Gasteiger partial charge in [0.05, 0.1) is 5.52 Å². The standard InChI is InChI=1S/C23H19N3/c1-2-8-20-16-26(13-12-17(20)6-1)21-10-5-9-18(14-21)23-24-15-19-7-3-4-11-22(19)25-23/h1-11,14-15H,12-13,16H2. The molecule has 0 fully saturated rings. The van der Waals surface area contributed by atoms with Crippen LogP contribution in [-0.4, -0.2) is 16.5 Å². The minimum atomic E-state index is 0.781. The van der Waals surface area contributed by atoms with Crippen LogP contribution in [0.15, 0.2) is 79.0 Å². The van der Waals surface area contributed by atoms with Gasteiger partial charge in [-0.25, -0.2) is 9.97 Å². The minimum Gasteiger partial charge on any atom is -0.367 e. The van der Waals surface area contributed by atoms with Crippen LogP contribution < -0.4 is 4.90 Å². The van der Waals surface area contributed by atoms with Gasteiger partial charge in [-0.1, -0.05) is 54.6 Å². The second-order valence-electron chi connectivity index (χ2n) is 6.74. The molecule has 1 aliphatic heterocycles. The van der Waals surface area contributed by atoms with Crippen molar-refractivity contribution in [2.75, 3.05) is 11.4 Å². The molecule has 0 spiro atoms. The maximum Gasteiger partial charge on any atom is 0.159 e. The summed E-state index contributed by atoms with van der Waals surface area (Å²) in [6.45, 7) is 2.00. The van der Waals surface area contributed by atoms with Crippen molar-refractivity contribution in [3.05, 3.63) is 90.1 Å². The molecular weight excluding hydrogens is 318 g/mol. The molecule has 3 nitrogen and oxygen atoms in total. The molecule has 0 saturated carbocycles. The summed E-state index contributed by atoms with van der Waals surface area (Å²) in [6.07, 6.45) is 2.99. The highest BCUT2D eigenvalue weighted by Crippen LogP contribution is 2.28. The number of hydrogen-bond acceptors (Lipinski definition) is 3. The molecule has 0 radical (unpaired) electrons. The van der Waals surface area contributed by atoms with Crippen LogP contribution in [0, 0.1) is 0 Å². The molecule has 0 bridgehead atoms. The van der Waals surface area contributed by atoms with Gasteiger partial charge in [-0.15, -0.1) is 0 Å². The molecule has 26 heavy (non-hydrogen) atoms. The summed E-state index contributed by atoms with van der Waals surface area (Å²) in [5.74, 6) is 0.781. The average molecular weight is 337 g/mol. The van der Waals surface area contributed by atoms with E-state index in [-0.39, 0.29) is 0 Å². The third kappa shape index (κ3) is 2.72. The molecule has 3 heteroatoms. The van der Waals surface area contributed by atoms with Crippen molar-refractivity contribution in [1.82, 2.24) is 9.97 Å². The van der Waals surface area contributed by atoms with E-state index in [2.05, 4.69) is 58.4 Å². The molecule has 0 N–H and O–H groups in total. The van der Waals surface area contributed by atoms with E-state index in [9.17, 15) is 0 Å². The zero-order valence-corrected chi connectivity index (χ0v) is 14.5. The lowest BCUT2D eigenvalue weighted by atomic mass is 9.99. The van der Waals surface area contributed by atoms with Crippen molar-refractivity contribution in [1.29, 1.82) is 0 Å². The Labute approximate surface area is 153 Å². The number of anilines is 1. The van der Waals surface area contributed by atoms with E-state index in [1.165, 1.54) is 16.8 Å². The maximum atomic E-state index is 4.74. The molecule has 2 heterocycles. The van der Waals surface area contributed by atoms with Crippen LogP contribution in [0.2, 0.25) is 0 Å². The second-order valence-corrected chi connectivity index (χ2v) is 6.74. The van der Waals surface area contributed by atoms with Crippen LogP contribution in [0.4, 0.5) is 5.69 Å². The molecular formula is C23H19N3. The Morgan fingerprint density at radius 3 is 2.62 bits per heavy atom. The predicted molar refractivity (Wildman–Crippen MR) is 106 cm³/mol. The van der Waals surface area contributed by atoms with Crippen LogP contribution >= 0.6 is 0 Å². The fourth-order valence-electron chi connectivity index (χ4n) is 3.67. The summed E-state index contributed by atoms with van der Waals surface area (Å²) in [5.41, 5.74) is 6.17. The van der Waals surface area contributed by atoms with E-state index in [0.29, 0.717) is 0 Å². The van der Waals surface area contributed by atoms with Gasteiger partial charge in [0.15, 0.2) is 5.82 Å². The van der Waals surface area contributed by atoms with Gasteiger partial charge in [0, 0.05) is 35.9 Å². The van der Waals surface area contributed by atoms with Gasteiger partial charge < -0.3 is 4.90 Å². The van der Waals surface area contributed by atoms with Gasteiger partial charge in [0.1, 0.15) is 0 Å². The predicted octanol–water partition coefficient (Wildman–Crippen LogP) is 4.86. The van der Waals surface area contributed by atoms with Crippen LogP contribution in [0.25, 0.3) is 22.3 Å².